The Labute approximate surface area is 110 Å². The fourth-order valence-electron chi connectivity index (χ4n) is 3.28. The van der Waals surface area contributed by atoms with Crippen molar-refractivity contribution >= 4 is 6.03 Å². The van der Waals surface area contributed by atoms with Gasteiger partial charge in [0.05, 0.1) is 12.1 Å². The first kappa shape index (κ1) is 13.7. The van der Waals surface area contributed by atoms with Gasteiger partial charge in [0.1, 0.15) is 0 Å². The monoisotopic (exact) mass is 253 g/mol. The molecule has 18 heavy (non-hydrogen) atoms. The number of piperidine rings is 1. The molecule has 0 saturated carbocycles. The lowest BCUT2D eigenvalue weighted by Crippen LogP contribution is -2.53. The third-order valence-corrected chi connectivity index (χ3v) is 4.41. The van der Waals surface area contributed by atoms with Gasteiger partial charge in [-0.1, -0.05) is 33.1 Å². The van der Waals surface area contributed by atoms with Gasteiger partial charge in [-0.2, -0.15) is 0 Å². The lowest BCUT2D eigenvalue weighted by atomic mass is 9.96. The van der Waals surface area contributed by atoms with Gasteiger partial charge in [-0.05, 0) is 19.3 Å². The van der Waals surface area contributed by atoms with Gasteiger partial charge >= 0.3 is 6.03 Å². The Morgan fingerprint density at radius 3 is 2.78 bits per heavy atom. The predicted octanol–water partition coefficient (Wildman–Crippen LogP) is 2.10. The normalized spacial score (nSPS) is 29.6. The zero-order valence-electron chi connectivity index (χ0n) is 11.7. The fraction of sp³-hybridized carbons (Fsp3) is 0.929. The predicted molar refractivity (Wildman–Crippen MR) is 73.7 cm³/mol. The first-order chi connectivity index (χ1) is 8.74. The van der Waals surface area contributed by atoms with Crippen molar-refractivity contribution < 1.29 is 4.79 Å². The number of carbonyl (C=O) groups excluding carboxylic acids is 1. The van der Waals surface area contributed by atoms with Crippen molar-refractivity contribution in [3.63, 3.8) is 0 Å². The molecular formula is C14H27N3O. The molecule has 2 aliphatic heterocycles. The standard InChI is InChI=1S/C14H27N3O/c1-3-5-6-7-11(4-2)17-9-8-12-13(10-17)16-14(18)15-12/h11-13H,3-10H2,1-2H3,(H2,15,16,18). The summed E-state index contributed by atoms with van der Waals surface area (Å²) in [6.07, 6.45) is 7.60. The van der Waals surface area contributed by atoms with Crippen LogP contribution in [-0.2, 0) is 0 Å². The van der Waals surface area contributed by atoms with Crippen LogP contribution in [0.4, 0.5) is 4.79 Å². The SMILES string of the molecule is CCCCCC(CC)N1CCC2NC(=O)NC2C1. The molecule has 0 aliphatic carbocycles. The molecule has 0 spiro atoms. The highest BCUT2D eigenvalue weighted by atomic mass is 16.2. The van der Waals surface area contributed by atoms with E-state index in [1.165, 1.54) is 32.1 Å². The number of unbranched alkanes of at least 4 members (excludes halogenated alkanes) is 2. The minimum Gasteiger partial charge on any atom is -0.333 e. The number of urea groups is 1. The van der Waals surface area contributed by atoms with E-state index >= 15 is 0 Å². The number of hydrogen-bond donors (Lipinski definition) is 2. The van der Waals surface area contributed by atoms with Crippen LogP contribution in [0.15, 0.2) is 0 Å². The van der Waals surface area contributed by atoms with E-state index in [-0.39, 0.29) is 6.03 Å². The molecule has 2 saturated heterocycles. The first-order valence-electron chi connectivity index (χ1n) is 7.55. The highest BCUT2D eigenvalue weighted by Gasteiger charge is 2.37. The van der Waals surface area contributed by atoms with Crippen molar-refractivity contribution in [1.82, 2.24) is 15.5 Å². The zero-order chi connectivity index (χ0) is 13.0. The van der Waals surface area contributed by atoms with E-state index < -0.39 is 0 Å². The molecule has 2 N–H and O–H groups in total. The second kappa shape index (κ2) is 6.41. The maximum absolute atomic E-state index is 11.3. The molecule has 2 heterocycles. The van der Waals surface area contributed by atoms with E-state index in [9.17, 15) is 4.79 Å². The van der Waals surface area contributed by atoms with Crippen molar-refractivity contribution in [2.75, 3.05) is 13.1 Å². The maximum Gasteiger partial charge on any atom is 0.315 e. The molecule has 0 aromatic rings. The van der Waals surface area contributed by atoms with Crippen molar-refractivity contribution in [3.8, 4) is 0 Å². The Balaban J connectivity index is 1.83. The number of nitrogens with zero attached hydrogens (tertiary/aromatic N) is 1. The molecule has 0 aromatic carbocycles. The van der Waals surface area contributed by atoms with Crippen LogP contribution in [0, 0.1) is 0 Å². The second-order valence-corrected chi connectivity index (χ2v) is 5.67. The number of hydrogen-bond acceptors (Lipinski definition) is 2. The van der Waals surface area contributed by atoms with E-state index in [1.807, 2.05) is 0 Å². The molecule has 2 aliphatic rings. The van der Waals surface area contributed by atoms with Crippen LogP contribution in [0.2, 0.25) is 0 Å². The highest BCUT2D eigenvalue weighted by molar-refractivity contribution is 5.77. The van der Waals surface area contributed by atoms with Crippen LogP contribution < -0.4 is 10.6 Å². The third kappa shape index (κ3) is 3.16. The van der Waals surface area contributed by atoms with Gasteiger partial charge in [-0.15, -0.1) is 0 Å². The molecule has 0 aromatic heterocycles. The second-order valence-electron chi connectivity index (χ2n) is 5.67. The highest BCUT2D eigenvalue weighted by Crippen LogP contribution is 2.21. The molecule has 3 unspecified atom stereocenters. The van der Waals surface area contributed by atoms with Crippen molar-refractivity contribution in [3.05, 3.63) is 0 Å². The average molecular weight is 253 g/mol. The summed E-state index contributed by atoms with van der Waals surface area (Å²) in [6, 6.07) is 1.41. The van der Waals surface area contributed by atoms with Crippen LogP contribution in [0.3, 0.4) is 0 Å². The van der Waals surface area contributed by atoms with Crippen molar-refractivity contribution in [1.29, 1.82) is 0 Å². The quantitative estimate of drug-likeness (QED) is 0.712. The lowest BCUT2D eigenvalue weighted by Gasteiger charge is -2.39. The summed E-state index contributed by atoms with van der Waals surface area (Å²) in [6.45, 7) is 6.70. The number of rotatable bonds is 6. The van der Waals surface area contributed by atoms with Crippen LogP contribution in [-0.4, -0.2) is 42.1 Å². The summed E-state index contributed by atoms with van der Waals surface area (Å²) in [4.78, 5) is 13.9. The van der Waals surface area contributed by atoms with Gasteiger partial charge in [-0.25, -0.2) is 4.79 Å². The molecule has 104 valence electrons. The Hall–Kier alpha value is -0.770. The van der Waals surface area contributed by atoms with E-state index in [0.717, 1.165) is 19.5 Å². The van der Waals surface area contributed by atoms with Gasteiger partial charge < -0.3 is 10.6 Å². The van der Waals surface area contributed by atoms with E-state index in [2.05, 4.69) is 29.4 Å². The topological polar surface area (TPSA) is 44.4 Å². The summed E-state index contributed by atoms with van der Waals surface area (Å²) >= 11 is 0. The molecule has 4 nitrogen and oxygen atoms in total. The maximum atomic E-state index is 11.3. The summed E-state index contributed by atoms with van der Waals surface area (Å²) < 4.78 is 0. The first-order valence-corrected chi connectivity index (χ1v) is 7.55. The summed E-state index contributed by atoms with van der Waals surface area (Å²) in [7, 11) is 0. The molecular weight excluding hydrogens is 226 g/mol. The fourth-order valence-corrected chi connectivity index (χ4v) is 3.28. The van der Waals surface area contributed by atoms with Gasteiger partial charge in [0.25, 0.3) is 0 Å². The molecule has 4 heteroatoms. The van der Waals surface area contributed by atoms with Gasteiger partial charge in [0.15, 0.2) is 0 Å². The van der Waals surface area contributed by atoms with Crippen LogP contribution >= 0.6 is 0 Å². The number of carbonyl (C=O) groups is 1. The Morgan fingerprint density at radius 2 is 2.06 bits per heavy atom. The Kier molecular flexibility index (Phi) is 4.87. The summed E-state index contributed by atoms with van der Waals surface area (Å²) in [5.41, 5.74) is 0. The Morgan fingerprint density at radius 1 is 1.28 bits per heavy atom. The van der Waals surface area contributed by atoms with Crippen LogP contribution in [0.5, 0.6) is 0 Å². The Bertz CT molecular complexity index is 282. The largest absolute Gasteiger partial charge is 0.333 e. The lowest BCUT2D eigenvalue weighted by molar-refractivity contribution is 0.123. The third-order valence-electron chi connectivity index (χ3n) is 4.41. The number of nitrogens with one attached hydrogen (secondary N) is 2. The summed E-state index contributed by atoms with van der Waals surface area (Å²) in [5.74, 6) is 0. The average Bonchev–Trinajstić information content (AvgIpc) is 2.74. The van der Waals surface area contributed by atoms with Crippen LogP contribution in [0.25, 0.3) is 0 Å². The molecule has 2 rings (SSSR count). The number of likely N-dealkylation sites (tertiary alicyclic amines) is 1. The number of fused-ring (bicyclic) bond motifs is 1. The summed E-state index contributed by atoms with van der Waals surface area (Å²) in [5, 5.41) is 6.05. The van der Waals surface area contributed by atoms with E-state index in [1.54, 1.807) is 0 Å². The minimum absolute atomic E-state index is 0.0193. The van der Waals surface area contributed by atoms with Gasteiger partial charge in [0.2, 0.25) is 0 Å². The van der Waals surface area contributed by atoms with E-state index in [4.69, 9.17) is 0 Å². The minimum atomic E-state index is 0.0193. The molecule has 2 fully saturated rings. The zero-order valence-corrected chi connectivity index (χ0v) is 11.7. The number of amides is 2. The molecule has 0 bridgehead atoms. The van der Waals surface area contributed by atoms with Gasteiger partial charge in [0, 0.05) is 19.1 Å². The smallest absolute Gasteiger partial charge is 0.315 e. The molecule has 0 radical (unpaired) electrons. The van der Waals surface area contributed by atoms with Crippen LogP contribution in [0.1, 0.15) is 52.4 Å². The molecule has 3 atom stereocenters. The molecule has 2 amide bonds. The van der Waals surface area contributed by atoms with Gasteiger partial charge in [-0.3, -0.25) is 4.90 Å². The van der Waals surface area contributed by atoms with Crippen molar-refractivity contribution in [2.45, 2.75) is 70.5 Å². The van der Waals surface area contributed by atoms with Crippen molar-refractivity contribution in [2.24, 2.45) is 0 Å². The van der Waals surface area contributed by atoms with E-state index in [0.29, 0.717) is 18.1 Å².